The van der Waals surface area contributed by atoms with Crippen molar-refractivity contribution in [2.45, 2.75) is 5.41 Å². The molecule has 0 unspecified atom stereocenters. The van der Waals surface area contributed by atoms with Gasteiger partial charge in [-0.3, -0.25) is 0 Å². The van der Waals surface area contributed by atoms with E-state index >= 15 is 0 Å². The molecule has 1 spiro atoms. The molecule has 334 valence electrons. The minimum absolute atomic E-state index is 0.432. The van der Waals surface area contributed by atoms with Crippen molar-refractivity contribution in [2.75, 3.05) is 0 Å². The van der Waals surface area contributed by atoms with Gasteiger partial charge in [-0.05, 0) is 108 Å². The van der Waals surface area contributed by atoms with Crippen LogP contribution in [0.4, 0.5) is 0 Å². The average Bonchev–Trinajstić information content (AvgIpc) is 4.07. The molecular formula is C68H42N4. The standard InChI is InChI=1S/C68H42N4/c1-3-18-43(19-4-1)46-23-17-24-49(40-46)66-69-65(45-21-5-2-6-22-45)70-67(71-66)64-50-25-8-7-20-44(50)36-39-62(64)72-61-33-16-12-29-55(61)56-38-35-48(42-63(56)72)47-34-37-54-53-28-11-15-32-59(53)68(60(54)41-47)57-30-13-9-26-51(57)52-27-10-14-31-58(52)68/h1-42H. The average molecular weight is 915 g/mol. The smallest absolute Gasteiger partial charge is 0.166 e. The summed E-state index contributed by atoms with van der Waals surface area (Å²) < 4.78 is 2.44. The molecule has 2 aromatic heterocycles. The third-order valence-corrected chi connectivity index (χ3v) is 15.3. The fourth-order valence-corrected chi connectivity index (χ4v) is 12.2. The highest BCUT2D eigenvalue weighted by atomic mass is 15.1. The van der Waals surface area contributed by atoms with Crippen LogP contribution in [0.15, 0.2) is 255 Å². The number of fused-ring (bicyclic) bond motifs is 14. The van der Waals surface area contributed by atoms with Crippen molar-refractivity contribution in [3.05, 3.63) is 277 Å². The zero-order valence-electron chi connectivity index (χ0n) is 39.0. The van der Waals surface area contributed by atoms with Gasteiger partial charge >= 0.3 is 0 Å². The highest BCUT2D eigenvalue weighted by Gasteiger charge is 2.51. The van der Waals surface area contributed by atoms with Crippen LogP contribution in [-0.4, -0.2) is 19.5 Å². The molecule has 0 atom stereocenters. The second-order valence-corrected chi connectivity index (χ2v) is 19.0. The van der Waals surface area contributed by atoms with Crippen molar-refractivity contribution in [3.63, 3.8) is 0 Å². The molecular weight excluding hydrogens is 873 g/mol. The molecule has 2 aliphatic rings. The van der Waals surface area contributed by atoms with Crippen molar-refractivity contribution >= 4 is 32.6 Å². The quantitative estimate of drug-likeness (QED) is 0.167. The molecule has 0 fully saturated rings. The Balaban J connectivity index is 0.964. The Morgan fingerprint density at radius 2 is 0.778 bits per heavy atom. The maximum absolute atomic E-state index is 5.46. The second kappa shape index (κ2) is 15.8. The molecule has 0 radical (unpaired) electrons. The molecule has 4 heteroatoms. The van der Waals surface area contributed by atoms with Crippen molar-refractivity contribution in [1.82, 2.24) is 19.5 Å². The van der Waals surface area contributed by atoms with Gasteiger partial charge in [-0.15, -0.1) is 0 Å². The van der Waals surface area contributed by atoms with E-state index in [0.717, 1.165) is 60.9 Å². The molecule has 15 rings (SSSR count). The zero-order valence-corrected chi connectivity index (χ0v) is 39.0. The van der Waals surface area contributed by atoms with Crippen molar-refractivity contribution < 1.29 is 0 Å². The molecule has 11 aromatic carbocycles. The Hall–Kier alpha value is -9.51. The largest absolute Gasteiger partial charge is 0.308 e. The van der Waals surface area contributed by atoms with Gasteiger partial charge in [0.2, 0.25) is 0 Å². The van der Waals surface area contributed by atoms with Crippen molar-refractivity contribution in [3.8, 4) is 84.4 Å². The predicted molar refractivity (Wildman–Crippen MR) is 295 cm³/mol. The lowest BCUT2D eigenvalue weighted by atomic mass is 9.70. The summed E-state index contributed by atoms with van der Waals surface area (Å²) in [6, 6.07) is 92.4. The Labute approximate surface area is 416 Å². The number of nitrogens with zero attached hydrogens (tertiary/aromatic N) is 4. The van der Waals surface area contributed by atoms with Crippen LogP contribution < -0.4 is 0 Å². The van der Waals surface area contributed by atoms with E-state index < -0.39 is 5.41 Å². The van der Waals surface area contributed by atoms with Gasteiger partial charge in [-0.1, -0.05) is 224 Å². The number of benzene rings is 11. The highest BCUT2D eigenvalue weighted by molar-refractivity contribution is 6.12. The Morgan fingerprint density at radius 3 is 1.50 bits per heavy atom. The molecule has 2 heterocycles. The lowest BCUT2D eigenvalue weighted by Crippen LogP contribution is -2.25. The summed E-state index contributed by atoms with van der Waals surface area (Å²) in [6.45, 7) is 0. The van der Waals surface area contributed by atoms with E-state index in [4.69, 9.17) is 15.0 Å². The van der Waals surface area contributed by atoms with E-state index in [2.05, 4.69) is 235 Å². The number of hydrogen-bond acceptors (Lipinski definition) is 3. The van der Waals surface area contributed by atoms with Crippen LogP contribution in [-0.2, 0) is 5.41 Å². The molecule has 72 heavy (non-hydrogen) atoms. The van der Waals surface area contributed by atoms with Gasteiger partial charge in [0.15, 0.2) is 17.5 Å². The van der Waals surface area contributed by atoms with Crippen LogP contribution in [0.3, 0.4) is 0 Å². The zero-order chi connectivity index (χ0) is 47.3. The van der Waals surface area contributed by atoms with Gasteiger partial charge in [-0.2, -0.15) is 0 Å². The second-order valence-electron chi connectivity index (χ2n) is 19.0. The summed E-state index contributed by atoms with van der Waals surface area (Å²) in [6.07, 6.45) is 0. The van der Waals surface area contributed by atoms with Crippen LogP contribution >= 0.6 is 0 Å². The van der Waals surface area contributed by atoms with Gasteiger partial charge in [0.25, 0.3) is 0 Å². The van der Waals surface area contributed by atoms with Crippen molar-refractivity contribution in [1.29, 1.82) is 0 Å². The van der Waals surface area contributed by atoms with Crippen LogP contribution in [0, 0.1) is 0 Å². The van der Waals surface area contributed by atoms with Crippen LogP contribution in [0.2, 0.25) is 0 Å². The molecule has 0 aliphatic heterocycles. The first kappa shape index (κ1) is 40.4. The highest BCUT2D eigenvalue weighted by Crippen LogP contribution is 2.63. The first-order valence-electron chi connectivity index (χ1n) is 24.7. The third-order valence-electron chi connectivity index (χ3n) is 15.3. The topological polar surface area (TPSA) is 43.6 Å². The summed E-state index contributed by atoms with van der Waals surface area (Å²) >= 11 is 0. The molecule has 0 saturated carbocycles. The monoisotopic (exact) mass is 914 g/mol. The first-order valence-corrected chi connectivity index (χ1v) is 24.7. The Kier molecular flexibility index (Phi) is 8.84. The predicted octanol–water partition coefficient (Wildman–Crippen LogP) is 16.8. The number of para-hydroxylation sites is 1. The molecule has 4 nitrogen and oxygen atoms in total. The van der Waals surface area contributed by atoms with Gasteiger partial charge in [0, 0.05) is 21.9 Å². The minimum atomic E-state index is -0.432. The summed E-state index contributed by atoms with van der Waals surface area (Å²) in [5.41, 5.74) is 20.7. The van der Waals surface area contributed by atoms with Gasteiger partial charge in [0.05, 0.1) is 27.7 Å². The normalized spacial score (nSPS) is 12.8. The molecule has 2 aliphatic carbocycles. The third kappa shape index (κ3) is 5.90. The summed E-state index contributed by atoms with van der Waals surface area (Å²) in [5.74, 6) is 1.84. The van der Waals surface area contributed by atoms with E-state index in [1.807, 2.05) is 24.3 Å². The molecule has 0 N–H and O–H groups in total. The maximum atomic E-state index is 5.46. The van der Waals surface area contributed by atoms with Gasteiger partial charge < -0.3 is 4.57 Å². The molecule has 0 saturated heterocycles. The number of aromatic nitrogens is 4. The van der Waals surface area contributed by atoms with Crippen LogP contribution in [0.5, 0.6) is 0 Å². The van der Waals surface area contributed by atoms with Gasteiger partial charge in [0.1, 0.15) is 0 Å². The summed E-state index contributed by atoms with van der Waals surface area (Å²) in [5, 5.41) is 4.53. The summed E-state index contributed by atoms with van der Waals surface area (Å²) in [7, 11) is 0. The van der Waals surface area contributed by atoms with Gasteiger partial charge in [-0.25, -0.2) is 15.0 Å². The first-order chi connectivity index (χ1) is 35.7. The minimum Gasteiger partial charge on any atom is -0.308 e. The molecule has 0 bridgehead atoms. The van der Waals surface area contributed by atoms with E-state index in [0.29, 0.717) is 17.5 Å². The summed E-state index contributed by atoms with van der Waals surface area (Å²) in [4.78, 5) is 16.1. The SMILES string of the molecule is c1ccc(-c2cccc(-c3nc(-c4ccccc4)nc(-c4c(-n5c6ccccc6c6ccc(-c7ccc8c(c7)C7(c9ccccc9-c9ccccc97)c7ccccc7-8)cc65)ccc5ccccc45)n3)c2)cc1. The Bertz CT molecular complexity index is 4280. The lowest BCUT2D eigenvalue weighted by Gasteiger charge is -2.30. The van der Waals surface area contributed by atoms with Crippen LogP contribution in [0.1, 0.15) is 22.3 Å². The van der Waals surface area contributed by atoms with E-state index in [-0.39, 0.29) is 0 Å². The number of rotatable bonds is 6. The lowest BCUT2D eigenvalue weighted by molar-refractivity contribution is 0.794. The molecule has 13 aromatic rings. The fourth-order valence-electron chi connectivity index (χ4n) is 12.2. The maximum Gasteiger partial charge on any atom is 0.166 e. The van der Waals surface area contributed by atoms with Crippen LogP contribution in [0.25, 0.3) is 117 Å². The van der Waals surface area contributed by atoms with Crippen molar-refractivity contribution in [2.24, 2.45) is 0 Å². The molecule has 0 amide bonds. The fraction of sp³-hybridized carbons (Fsp3) is 0.0147. The van der Waals surface area contributed by atoms with E-state index in [1.54, 1.807) is 0 Å². The Morgan fingerprint density at radius 1 is 0.278 bits per heavy atom. The van der Waals surface area contributed by atoms with E-state index in [9.17, 15) is 0 Å². The number of hydrogen-bond donors (Lipinski definition) is 0. The van der Waals surface area contributed by atoms with E-state index in [1.165, 1.54) is 60.8 Å².